The Balaban J connectivity index is 1.82. The van der Waals surface area contributed by atoms with Crippen LogP contribution >= 0.6 is 0 Å². The zero-order valence-electron chi connectivity index (χ0n) is 15.1. The van der Waals surface area contributed by atoms with E-state index in [4.69, 9.17) is 9.47 Å². The Hall–Kier alpha value is -2.24. The number of carbonyl (C=O) groups excluding carboxylic acids is 2. The number of ether oxygens (including phenoxy) is 2. The highest BCUT2D eigenvalue weighted by atomic mass is 16.5. The second-order valence-corrected chi connectivity index (χ2v) is 6.86. The fourth-order valence-corrected chi connectivity index (χ4v) is 3.91. The number of rotatable bonds is 5. The van der Waals surface area contributed by atoms with Gasteiger partial charge in [-0.3, -0.25) is 9.69 Å². The van der Waals surface area contributed by atoms with Crippen molar-refractivity contribution in [3.05, 3.63) is 23.8 Å². The van der Waals surface area contributed by atoms with Gasteiger partial charge in [0.2, 0.25) is 0 Å². The van der Waals surface area contributed by atoms with E-state index in [1.54, 1.807) is 13.2 Å². The van der Waals surface area contributed by atoms with Crippen LogP contribution in [0, 0.1) is 5.92 Å². The van der Waals surface area contributed by atoms with Crippen molar-refractivity contribution in [3.8, 4) is 11.5 Å². The number of benzene rings is 1. The molecule has 0 aromatic heterocycles. The first-order valence-electron chi connectivity index (χ1n) is 8.95. The first-order valence-corrected chi connectivity index (χ1v) is 8.95. The van der Waals surface area contributed by atoms with Crippen molar-refractivity contribution in [1.82, 2.24) is 10.2 Å². The standard InChI is InChI=1S/C19H26N2O4/c1-4-25-16-11-14(8-9-15(16)24-3)12-21-17(22)19(20-18(21)23)10-6-5-7-13(19)2/h8-9,11,13H,4-7,10,12H2,1-3H3,(H,20,23)/t13-,19+/m1/s1. The van der Waals surface area contributed by atoms with Crippen LogP contribution in [-0.4, -0.2) is 36.1 Å². The molecule has 2 fully saturated rings. The average Bonchev–Trinajstić information content (AvgIpc) is 2.83. The lowest BCUT2D eigenvalue weighted by Gasteiger charge is -2.36. The summed E-state index contributed by atoms with van der Waals surface area (Å²) in [6, 6.07) is 5.19. The second kappa shape index (κ2) is 6.94. The third-order valence-electron chi connectivity index (χ3n) is 5.37. The maximum absolute atomic E-state index is 13.0. The largest absolute Gasteiger partial charge is 0.493 e. The number of hydrogen-bond acceptors (Lipinski definition) is 4. The van der Waals surface area contributed by atoms with Gasteiger partial charge in [0, 0.05) is 0 Å². The normalized spacial score (nSPS) is 26.0. The van der Waals surface area contributed by atoms with Gasteiger partial charge < -0.3 is 14.8 Å². The lowest BCUT2D eigenvalue weighted by molar-refractivity contribution is -0.134. The number of amides is 3. The molecule has 0 bridgehead atoms. The maximum Gasteiger partial charge on any atom is 0.325 e. The fraction of sp³-hybridized carbons (Fsp3) is 0.579. The molecule has 136 valence electrons. The molecule has 2 atom stereocenters. The van der Waals surface area contributed by atoms with Crippen LogP contribution in [-0.2, 0) is 11.3 Å². The van der Waals surface area contributed by atoms with Crippen LogP contribution < -0.4 is 14.8 Å². The predicted octanol–water partition coefficient (Wildman–Crippen LogP) is 3.09. The fourth-order valence-electron chi connectivity index (χ4n) is 3.91. The number of nitrogens with one attached hydrogen (secondary N) is 1. The van der Waals surface area contributed by atoms with E-state index in [1.807, 2.05) is 19.1 Å². The Kier molecular flexibility index (Phi) is 4.88. The van der Waals surface area contributed by atoms with Gasteiger partial charge in [-0.05, 0) is 43.4 Å². The molecule has 6 nitrogen and oxygen atoms in total. The molecule has 3 rings (SSSR count). The molecule has 0 radical (unpaired) electrons. The average molecular weight is 346 g/mol. The zero-order valence-corrected chi connectivity index (χ0v) is 15.1. The highest BCUT2D eigenvalue weighted by Gasteiger charge is 2.54. The molecule has 6 heteroatoms. The van der Waals surface area contributed by atoms with E-state index >= 15 is 0 Å². The zero-order chi connectivity index (χ0) is 18.0. The Morgan fingerprint density at radius 3 is 2.76 bits per heavy atom. The summed E-state index contributed by atoms with van der Waals surface area (Å²) in [7, 11) is 1.59. The minimum Gasteiger partial charge on any atom is -0.493 e. The lowest BCUT2D eigenvalue weighted by Crippen LogP contribution is -2.53. The van der Waals surface area contributed by atoms with Crippen molar-refractivity contribution in [2.75, 3.05) is 13.7 Å². The summed E-state index contributed by atoms with van der Waals surface area (Å²) < 4.78 is 10.9. The first-order chi connectivity index (χ1) is 12.0. The van der Waals surface area contributed by atoms with Crippen molar-refractivity contribution in [2.24, 2.45) is 5.92 Å². The van der Waals surface area contributed by atoms with Crippen molar-refractivity contribution in [2.45, 2.75) is 51.6 Å². The summed E-state index contributed by atoms with van der Waals surface area (Å²) in [6.45, 7) is 4.71. The van der Waals surface area contributed by atoms with Gasteiger partial charge in [0.25, 0.3) is 5.91 Å². The van der Waals surface area contributed by atoms with Gasteiger partial charge in [0.05, 0.1) is 20.3 Å². The van der Waals surface area contributed by atoms with E-state index in [2.05, 4.69) is 12.2 Å². The number of nitrogens with zero attached hydrogens (tertiary/aromatic N) is 1. The summed E-state index contributed by atoms with van der Waals surface area (Å²) in [5.74, 6) is 1.33. The van der Waals surface area contributed by atoms with E-state index in [1.165, 1.54) is 4.90 Å². The highest BCUT2D eigenvalue weighted by Crippen LogP contribution is 2.39. The first kappa shape index (κ1) is 17.6. The molecule has 1 spiro atoms. The number of imide groups is 1. The van der Waals surface area contributed by atoms with Gasteiger partial charge in [-0.25, -0.2) is 4.79 Å². The van der Waals surface area contributed by atoms with Crippen molar-refractivity contribution in [1.29, 1.82) is 0 Å². The SMILES string of the molecule is CCOc1cc(CN2C(=O)N[C@]3(CCCC[C@H]3C)C2=O)ccc1OC. The van der Waals surface area contributed by atoms with Crippen molar-refractivity contribution < 1.29 is 19.1 Å². The third kappa shape index (κ3) is 3.05. The number of carbonyl (C=O) groups is 2. The van der Waals surface area contributed by atoms with Crippen LogP contribution in [0.25, 0.3) is 0 Å². The lowest BCUT2D eigenvalue weighted by atomic mass is 9.73. The quantitative estimate of drug-likeness (QED) is 0.832. The van der Waals surface area contributed by atoms with E-state index in [0.717, 1.165) is 31.2 Å². The summed E-state index contributed by atoms with van der Waals surface area (Å²) >= 11 is 0. The molecule has 25 heavy (non-hydrogen) atoms. The molecule has 1 heterocycles. The molecule has 1 saturated carbocycles. The van der Waals surface area contributed by atoms with E-state index in [-0.39, 0.29) is 24.4 Å². The Morgan fingerprint density at radius 2 is 2.08 bits per heavy atom. The highest BCUT2D eigenvalue weighted by molar-refractivity contribution is 6.07. The van der Waals surface area contributed by atoms with Crippen LogP contribution in [0.15, 0.2) is 18.2 Å². The van der Waals surface area contributed by atoms with E-state index < -0.39 is 5.54 Å². The molecule has 1 aliphatic heterocycles. The molecule has 1 aromatic rings. The van der Waals surface area contributed by atoms with E-state index in [9.17, 15) is 9.59 Å². The van der Waals surface area contributed by atoms with Crippen molar-refractivity contribution >= 4 is 11.9 Å². The molecule has 3 amide bonds. The minimum absolute atomic E-state index is 0.0986. The molecule has 2 aliphatic rings. The van der Waals surface area contributed by atoms with E-state index in [0.29, 0.717) is 18.1 Å². The topological polar surface area (TPSA) is 67.9 Å². The molecular weight excluding hydrogens is 320 g/mol. The molecule has 0 unspecified atom stereocenters. The smallest absolute Gasteiger partial charge is 0.325 e. The number of urea groups is 1. The summed E-state index contributed by atoms with van der Waals surface area (Å²) in [5, 5.41) is 2.98. The van der Waals surface area contributed by atoms with Crippen LogP contribution in [0.5, 0.6) is 11.5 Å². The molecular formula is C19H26N2O4. The maximum atomic E-state index is 13.0. The van der Waals surface area contributed by atoms with Gasteiger partial charge in [-0.15, -0.1) is 0 Å². The van der Waals surface area contributed by atoms with Gasteiger partial charge in [0.15, 0.2) is 11.5 Å². The van der Waals surface area contributed by atoms with Gasteiger partial charge in [-0.2, -0.15) is 0 Å². The second-order valence-electron chi connectivity index (χ2n) is 6.86. The van der Waals surface area contributed by atoms with Crippen LogP contribution in [0.3, 0.4) is 0 Å². The number of hydrogen-bond donors (Lipinski definition) is 1. The van der Waals surface area contributed by atoms with Gasteiger partial charge in [-0.1, -0.05) is 25.8 Å². The molecule has 1 aliphatic carbocycles. The number of methoxy groups -OCH3 is 1. The van der Waals surface area contributed by atoms with Crippen LogP contribution in [0.1, 0.15) is 45.1 Å². The molecule has 1 N–H and O–H groups in total. The van der Waals surface area contributed by atoms with Gasteiger partial charge in [0.1, 0.15) is 5.54 Å². The Morgan fingerprint density at radius 1 is 1.28 bits per heavy atom. The predicted molar refractivity (Wildman–Crippen MR) is 93.6 cm³/mol. The van der Waals surface area contributed by atoms with Crippen molar-refractivity contribution in [3.63, 3.8) is 0 Å². The van der Waals surface area contributed by atoms with Gasteiger partial charge >= 0.3 is 6.03 Å². The van der Waals surface area contributed by atoms with Crippen LogP contribution in [0.2, 0.25) is 0 Å². The monoisotopic (exact) mass is 346 g/mol. The minimum atomic E-state index is -0.718. The summed E-state index contributed by atoms with van der Waals surface area (Å²) in [4.78, 5) is 26.8. The third-order valence-corrected chi connectivity index (χ3v) is 5.37. The van der Waals surface area contributed by atoms with Crippen LogP contribution in [0.4, 0.5) is 4.79 Å². The summed E-state index contributed by atoms with van der Waals surface area (Å²) in [5.41, 5.74) is 0.123. The Labute approximate surface area is 148 Å². The summed E-state index contributed by atoms with van der Waals surface area (Å²) in [6.07, 6.45) is 3.78. The molecule has 1 aromatic carbocycles. The Bertz CT molecular complexity index is 675. The molecule has 1 saturated heterocycles.